The molecular formula is C12H17NO4. The van der Waals surface area contributed by atoms with E-state index in [1.165, 1.54) is 7.11 Å². The monoisotopic (exact) mass is 239 g/mol. The first-order valence-corrected chi connectivity index (χ1v) is 5.39. The molecule has 94 valence electrons. The van der Waals surface area contributed by atoms with E-state index in [1.54, 1.807) is 6.07 Å². The highest BCUT2D eigenvalue weighted by molar-refractivity contribution is 5.68. The van der Waals surface area contributed by atoms with Crippen molar-refractivity contribution in [2.45, 2.75) is 13.5 Å². The van der Waals surface area contributed by atoms with Crippen LogP contribution in [0.5, 0.6) is 11.5 Å². The second-order valence-electron chi connectivity index (χ2n) is 3.45. The summed E-state index contributed by atoms with van der Waals surface area (Å²) in [5.41, 5.74) is 1.06. The summed E-state index contributed by atoms with van der Waals surface area (Å²) in [5, 5.41) is 11.7. The molecule has 0 saturated heterocycles. The number of hydrogen-bond acceptors (Lipinski definition) is 4. The van der Waals surface area contributed by atoms with Crippen molar-refractivity contribution in [2.75, 3.05) is 20.3 Å². The Balaban J connectivity index is 2.74. The van der Waals surface area contributed by atoms with Crippen molar-refractivity contribution in [3.05, 3.63) is 23.8 Å². The fourth-order valence-electron chi connectivity index (χ4n) is 1.35. The maximum absolute atomic E-state index is 10.4. The molecule has 0 amide bonds. The number of hydrogen-bond donors (Lipinski definition) is 2. The van der Waals surface area contributed by atoms with Gasteiger partial charge in [-0.1, -0.05) is 13.0 Å². The number of carbonyl (C=O) groups is 1. The third-order valence-electron chi connectivity index (χ3n) is 2.16. The lowest BCUT2D eigenvalue weighted by atomic mass is 10.2. The molecule has 0 bridgehead atoms. The van der Waals surface area contributed by atoms with Gasteiger partial charge in [-0.15, -0.1) is 0 Å². The van der Waals surface area contributed by atoms with E-state index < -0.39 is 5.97 Å². The lowest BCUT2D eigenvalue weighted by Crippen LogP contribution is -2.12. The second-order valence-corrected chi connectivity index (χ2v) is 3.45. The maximum atomic E-state index is 10.4. The molecule has 1 aromatic carbocycles. The molecule has 0 heterocycles. The van der Waals surface area contributed by atoms with Gasteiger partial charge in [-0.25, -0.2) is 4.79 Å². The minimum atomic E-state index is -1.01. The van der Waals surface area contributed by atoms with Gasteiger partial charge in [0, 0.05) is 6.54 Å². The predicted molar refractivity (Wildman–Crippen MR) is 63.5 cm³/mol. The zero-order valence-corrected chi connectivity index (χ0v) is 10.0. The molecule has 2 N–H and O–H groups in total. The number of benzene rings is 1. The summed E-state index contributed by atoms with van der Waals surface area (Å²) in [6.07, 6.45) is 0. The molecule has 1 aromatic rings. The summed E-state index contributed by atoms with van der Waals surface area (Å²) < 4.78 is 10.3. The molecule has 5 nitrogen and oxygen atoms in total. The molecule has 0 aliphatic heterocycles. The van der Waals surface area contributed by atoms with E-state index in [0.29, 0.717) is 11.5 Å². The van der Waals surface area contributed by atoms with Crippen LogP contribution in [-0.4, -0.2) is 31.3 Å². The van der Waals surface area contributed by atoms with Gasteiger partial charge in [-0.3, -0.25) is 0 Å². The van der Waals surface area contributed by atoms with E-state index in [4.69, 9.17) is 14.6 Å². The van der Waals surface area contributed by atoms with Crippen molar-refractivity contribution in [1.29, 1.82) is 0 Å². The summed E-state index contributed by atoms with van der Waals surface area (Å²) >= 11 is 0. The summed E-state index contributed by atoms with van der Waals surface area (Å²) in [7, 11) is 1.53. The van der Waals surface area contributed by atoms with E-state index in [-0.39, 0.29) is 6.61 Å². The first-order chi connectivity index (χ1) is 8.17. The van der Waals surface area contributed by atoms with Gasteiger partial charge < -0.3 is 19.9 Å². The molecule has 17 heavy (non-hydrogen) atoms. The number of nitrogens with one attached hydrogen (secondary N) is 1. The van der Waals surface area contributed by atoms with Crippen LogP contribution in [0.15, 0.2) is 18.2 Å². The van der Waals surface area contributed by atoms with E-state index in [1.807, 2.05) is 19.1 Å². The first-order valence-electron chi connectivity index (χ1n) is 5.39. The van der Waals surface area contributed by atoms with Crippen molar-refractivity contribution < 1.29 is 19.4 Å². The topological polar surface area (TPSA) is 67.8 Å². The standard InChI is InChI=1S/C12H17NO4/c1-3-13-7-9-4-5-10(11(6-9)16-2)17-8-12(14)15/h4-6,13H,3,7-8H2,1-2H3,(H,14,15). The minimum absolute atomic E-state index is 0.372. The van der Waals surface area contributed by atoms with Crippen LogP contribution in [0.3, 0.4) is 0 Å². The predicted octanol–water partition coefficient (Wildman–Crippen LogP) is 1.27. The number of carboxylic acids is 1. The van der Waals surface area contributed by atoms with Gasteiger partial charge in [0.2, 0.25) is 0 Å². The number of methoxy groups -OCH3 is 1. The third kappa shape index (κ3) is 4.32. The van der Waals surface area contributed by atoms with Crippen molar-refractivity contribution in [2.24, 2.45) is 0 Å². The number of rotatable bonds is 7. The molecule has 0 unspecified atom stereocenters. The largest absolute Gasteiger partial charge is 0.493 e. The Morgan fingerprint density at radius 1 is 1.41 bits per heavy atom. The van der Waals surface area contributed by atoms with Crippen LogP contribution < -0.4 is 14.8 Å². The Morgan fingerprint density at radius 3 is 2.76 bits per heavy atom. The highest BCUT2D eigenvalue weighted by Gasteiger charge is 2.07. The molecule has 0 fully saturated rings. The van der Waals surface area contributed by atoms with Crippen molar-refractivity contribution in [3.8, 4) is 11.5 Å². The Morgan fingerprint density at radius 2 is 2.18 bits per heavy atom. The fourth-order valence-corrected chi connectivity index (χ4v) is 1.35. The number of ether oxygens (including phenoxy) is 2. The first kappa shape index (κ1) is 13.3. The normalized spacial score (nSPS) is 10.0. The quantitative estimate of drug-likeness (QED) is 0.750. The zero-order valence-electron chi connectivity index (χ0n) is 10.0. The average Bonchev–Trinajstić information content (AvgIpc) is 2.34. The molecule has 0 aliphatic rings. The van der Waals surface area contributed by atoms with Gasteiger partial charge in [0.15, 0.2) is 18.1 Å². The average molecular weight is 239 g/mol. The van der Waals surface area contributed by atoms with Crippen LogP contribution in [0, 0.1) is 0 Å². The van der Waals surface area contributed by atoms with Gasteiger partial charge >= 0.3 is 5.97 Å². The van der Waals surface area contributed by atoms with Crippen LogP contribution in [0.1, 0.15) is 12.5 Å². The van der Waals surface area contributed by atoms with E-state index in [0.717, 1.165) is 18.7 Å². The highest BCUT2D eigenvalue weighted by Crippen LogP contribution is 2.27. The molecule has 0 spiro atoms. The van der Waals surface area contributed by atoms with E-state index in [9.17, 15) is 4.79 Å². The highest BCUT2D eigenvalue weighted by atomic mass is 16.5. The van der Waals surface area contributed by atoms with Crippen molar-refractivity contribution in [1.82, 2.24) is 5.32 Å². The summed E-state index contributed by atoms with van der Waals surface area (Å²) in [5.74, 6) is -0.0272. The van der Waals surface area contributed by atoms with Crippen LogP contribution >= 0.6 is 0 Å². The van der Waals surface area contributed by atoms with Gasteiger partial charge in [-0.2, -0.15) is 0 Å². The van der Waals surface area contributed by atoms with Crippen molar-refractivity contribution >= 4 is 5.97 Å². The molecule has 0 aliphatic carbocycles. The molecule has 1 rings (SSSR count). The van der Waals surface area contributed by atoms with Crippen LogP contribution in [0.2, 0.25) is 0 Å². The SMILES string of the molecule is CCNCc1ccc(OCC(=O)O)c(OC)c1. The number of aliphatic carboxylic acids is 1. The Kier molecular flexibility index (Phi) is 5.29. The Labute approximate surface area is 100 Å². The third-order valence-corrected chi connectivity index (χ3v) is 2.16. The summed E-state index contributed by atoms with van der Waals surface area (Å²) in [6, 6.07) is 5.43. The van der Waals surface area contributed by atoms with Crippen LogP contribution in [0.25, 0.3) is 0 Å². The van der Waals surface area contributed by atoms with E-state index in [2.05, 4.69) is 5.32 Å². The van der Waals surface area contributed by atoms with Gasteiger partial charge in [-0.05, 0) is 24.2 Å². The summed E-state index contributed by atoms with van der Waals surface area (Å²) in [6.45, 7) is 3.29. The smallest absolute Gasteiger partial charge is 0.341 e. The van der Waals surface area contributed by atoms with Crippen molar-refractivity contribution in [3.63, 3.8) is 0 Å². The minimum Gasteiger partial charge on any atom is -0.493 e. The summed E-state index contributed by atoms with van der Waals surface area (Å²) in [4.78, 5) is 10.4. The molecule has 0 radical (unpaired) electrons. The van der Waals surface area contributed by atoms with Gasteiger partial charge in [0.25, 0.3) is 0 Å². The molecule has 0 saturated carbocycles. The lowest BCUT2D eigenvalue weighted by molar-refractivity contribution is -0.139. The van der Waals surface area contributed by atoms with Crippen LogP contribution in [-0.2, 0) is 11.3 Å². The van der Waals surface area contributed by atoms with Gasteiger partial charge in [0.1, 0.15) is 0 Å². The zero-order chi connectivity index (χ0) is 12.7. The van der Waals surface area contributed by atoms with Crippen LogP contribution in [0.4, 0.5) is 0 Å². The number of carboxylic acid groups (broad SMARTS) is 1. The molecule has 0 aromatic heterocycles. The fraction of sp³-hybridized carbons (Fsp3) is 0.417. The Hall–Kier alpha value is -1.75. The molecule has 0 atom stereocenters. The lowest BCUT2D eigenvalue weighted by Gasteiger charge is -2.11. The Bertz CT molecular complexity index is 379. The maximum Gasteiger partial charge on any atom is 0.341 e. The van der Waals surface area contributed by atoms with E-state index >= 15 is 0 Å². The molecular weight excluding hydrogens is 222 g/mol. The second kappa shape index (κ2) is 6.75. The molecule has 5 heteroatoms. The van der Waals surface area contributed by atoms with Gasteiger partial charge in [0.05, 0.1) is 7.11 Å².